The van der Waals surface area contributed by atoms with E-state index in [4.69, 9.17) is 10.5 Å². The molecule has 1 aromatic rings. The number of carbonyl (C=O) groups is 1. The molecule has 0 saturated carbocycles. The molecule has 5 heteroatoms. The van der Waals surface area contributed by atoms with E-state index in [0.29, 0.717) is 23.9 Å². The van der Waals surface area contributed by atoms with E-state index in [2.05, 4.69) is 16.8 Å². The number of pyridine rings is 1. The number of anilines is 2. The fourth-order valence-electron chi connectivity index (χ4n) is 2.96. The second-order valence-electron chi connectivity index (χ2n) is 5.42. The lowest BCUT2D eigenvalue weighted by atomic mass is 10.1. The molecule has 1 saturated heterocycles. The predicted octanol–water partition coefficient (Wildman–Crippen LogP) is 3.00. The summed E-state index contributed by atoms with van der Waals surface area (Å²) in [4.78, 5) is 18.7. The van der Waals surface area contributed by atoms with Crippen molar-refractivity contribution in [2.75, 3.05) is 23.8 Å². The van der Waals surface area contributed by atoms with Crippen molar-refractivity contribution < 1.29 is 9.53 Å². The Hall–Kier alpha value is -1.78. The highest BCUT2D eigenvalue weighted by Crippen LogP contribution is 2.30. The van der Waals surface area contributed by atoms with Gasteiger partial charge in [-0.25, -0.2) is 9.78 Å². The highest BCUT2D eigenvalue weighted by atomic mass is 16.5. The topological polar surface area (TPSA) is 68.5 Å². The third-order valence-electron chi connectivity index (χ3n) is 4.08. The van der Waals surface area contributed by atoms with Gasteiger partial charge in [0.15, 0.2) is 5.82 Å². The van der Waals surface area contributed by atoms with Crippen molar-refractivity contribution >= 4 is 17.5 Å². The zero-order valence-corrected chi connectivity index (χ0v) is 13.0. The molecule has 1 aliphatic rings. The summed E-state index contributed by atoms with van der Waals surface area (Å²) in [6, 6.07) is 2.08. The molecular formula is C16H25N3O2. The Kier molecular flexibility index (Phi) is 5.42. The maximum Gasteiger partial charge on any atom is 0.340 e. The van der Waals surface area contributed by atoms with Crippen molar-refractivity contribution in [3.05, 3.63) is 17.8 Å². The molecule has 1 unspecified atom stereocenters. The van der Waals surface area contributed by atoms with E-state index in [1.165, 1.54) is 12.8 Å². The Labute approximate surface area is 126 Å². The number of nitrogens with zero attached hydrogens (tertiary/aromatic N) is 2. The van der Waals surface area contributed by atoms with Gasteiger partial charge in [-0.15, -0.1) is 0 Å². The summed E-state index contributed by atoms with van der Waals surface area (Å²) in [7, 11) is 0. The van der Waals surface area contributed by atoms with Crippen LogP contribution in [0.4, 0.5) is 11.5 Å². The maximum atomic E-state index is 12.0. The van der Waals surface area contributed by atoms with Gasteiger partial charge in [-0.3, -0.25) is 0 Å². The SMILES string of the molecule is CCOC(=O)c1ccnc(N2CCCCCC2CC)c1N. The van der Waals surface area contributed by atoms with Gasteiger partial charge in [0, 0.05) is 18.8 Å². The standard InChI is InChI=1S/C16H25N3O2/c1-3-12-8-6-5-7-11-19(12)15-14(17)13(9-10-18-15)16(20)21-4-2/h9-10,12H,3-8,11,17H2,1-2H3. The maximum absolute atomic E-state index is 12.0. The number of ether oxygens (including phenoxy) is 1. The summed E-state index contributed by atoms with van der Waals surface area (Å²) in [5, 5.41) is 0. The quantitative estimate of drug-likeness (QED) is 0.864. The number of rotatable bonds is 4. The molecule has 0 radical (unpaired) electrons. The number of nitrogen functional groups attached to an aromatic ring is 1. The van der Waals surface area contributed by atoms with Crippen LogP contribution in [-0.4, -0.2) is 30.1 Å². The lowest BCUT2D eigenvalue weighted by molar-refractivity contribution is 0.0527. The number of esters is 1. The van der Waals surface area contributed by atoms with E-state index in [1.54, 1.807) is 19.2 Å². The monoisotopic (exact) mass is 291 g/mol. The Bertz CT molecular complexity index is 490. The minimum Gasteiger partial charge on any atom is -0.462 e. The molecule has 1 fully saturated rings. The fraction of sp³-hybridized carbons (Fsp3) is 0.625. The Morgan fingerprint density at radius 3 is 2.95 bits per heavy atom. The van der Waals surface area contributed by atoms with Gasteiger partial charge in [0.05, 0.1) is 17.9 Å². The molecule has 2 heterocycles. The van der Waals surface area contributed by atoms with Crippen LogP contribution in [0.2, 0.25) is 0 Å². The molecule has 0 spiro atoms. The van der Waals surface area contributed by atoms with E-state index >= 15 is 0 Å². The fourth-order valence-corrected chi connectivity index (χ4v) is 2.96. The van der Waals surface area contributed by atoms with Crippen LogP contribution in [0.1, 0.15) is 56.3 Å². The van der Waals surface area contributed by atoms with Crippen molar-refractivity contribution in [3.8, 4) is 0 Å². The van der Waals surface area contributed by atoms with Gasteiger partial charge in [0.2, 0.25) is 0 Å². The van der Waals surface area contributed by atoms with Crippen LogP contribution in [0.5, 0.6) is 0 Å². The molecule has 116 valence electrons. The van der Waals surface area contributed by atoms with Gasteiger partial charge in [-0.2, -0.15) is 0 Å². The molecule has 0 amide bonds. The molecule has 1 aliphatic heterocycles. The minimum absolute atomic E-state index is 0.344. The predicted molar refractivity (Wildman–Crippen MR) is 84.5 cm³/mol. The highest BCUT2D eigenvalue weighted by molar-refractivity contribution is 5.97. The molecule has 1 aromatic heterocycles. The molecule has 0 bridgehead atoms. The summed E-state index contributed by atoms with van der Waals surface area (Å²) >= 11 is 0. The van der Waals surface area contributed by atoms with Crippen LogP contribution in [0.15, 0.2) is 12.3 Å². The van der Waals surface area contributed by atoms with Crippen LogP contribution in [0, 0.1) is 0 Å². The zero-order valence-electron chi connectivity index (χ0n) is 13.0. The molecule has 0 aromatic carbocycles. The smallest absolute Gasteiger partial charge is 0.340 e. The number of aromatic nitrogens is 1. The van der Waals surface area contributed by atoms with E-state index in [0.717, 1.165) is 31.6 Å². The van der Waals surface area contributed by atoms with E-state index < -0.39 is 0 Å². The first-order valence-electron chi connectivity index (χ1n) is 7.87. The molecular weight excluding hydrogens is 266 g/mol. The average molecular weight is 291 g/mol. The molecule has 0 aliphatic carbocycles. The average Bonchev–Trinajstić information content (AvgIpc) is 2.72. The Balaban J connectivity index is 2.33. The molecule has 1 atom stereocenters. The third kappa shape index (κ3) is 3.46. The molecule has 5 nitrogen and oxygen atoms in total. The van der Waals surface area contributed by atoms with Gasteiger partial charge >= 0.3 is 5.97 Å². The Morgan fingerprint density at radius 2 is 2.24 bits per heavy atom. The van der Waals surface area contributed by atoms with Crippen molar-refractivity contribution in [1.29, 1.82) is 0 Å². The van der Waals surface area contributed by atoms with Crippen molar-refractivity contribution in [2.45, 2.75) is 52.0 Å². The molecule has 2 rings (SSSR count). The Morgan fingerprint density at radius 1 is 1.43 bits per heavy atom. The van der Waals surface area contributed by atoms with Gasteiger partial charge in [-0.1, -0.05) is 19.8 Å². The normalized spacial score (nSPS) is 19.1. The second-order valence-corrected chi connectivity index (χ2v) is 5.42. The first kappa shape index (κ1) is 15.6. The van der Waals surface area contributed by atoms with Gasteiger partial charge in [0.1, 0.15) is 0 Å². The number of hydrogen-bond donors (Lipinski definition) is 1. The molecule has 21 heavy (non-hydrogen) atoms. The second kappa shape index (κ2) is 7.29. The number of hydrogen-bond acceptors (Lipinski definition) is 5. The minimum atomic E-state index is -0.374. The number of nitrogens with two attached hydrogens (primary N) is 1. The number of carbonyl (C=O) groups excluding carboxylic acids is 1. The van der Waals surface area contributed by atoms with Crippen LogP contribution >= 0.6 is 0 Å². The van der Waals surface area contributed by atoms with Crippen molar-refractivity contribution in [3.63, 3.8) is 0 Å². The first-order valence-corrected chi connectivity index (χ1v) is 7.87. The van der Waals surface area contributed by atoms with E-state index in [-0.39, 0.29) is 5.97 Å². The zero-order chi connectivity index (χ0) is 15.2. The van der Waals surface area contributed by atoms with Crippen molar-refractivity contribution in [1.82, 2.24) is 4.98 Å². The van der Waals surface area contributed by atoms with Crippen LogP contribution in [0.3, 0.4) is 0 Å². The van der Waals surface area contributed by atoms with Gasteiger partial charge < -0.3 is 15.4 Å². The van der Waals surface area contributed by atoms with E-state index in [9.17, 15) is 4.79 Å². The van der Waals surface area contributed by atoms with Crippen molar-refractivity contribution in [2.24, 2.45) is 0 Å². The lowest BCUT2D eigenvalue weighted by Crippen LogP contribution is -2.36. The third-order valence-corrected chi connectivity index (χ3v) is 4.08. The summed E-state index contributed by atoms with van der Waals surface area (Å²) in [6.45, 7) is 5.27. The first-order chi connectivity index (χ1) is 10.2. The summed E-state index contributed by atoms with van der Waals surface area (Å²) in [6.07, 6.45) is 7.49. The highest BCUT2D eigenvalue weighted by Gasteiger charge is 2.24. The van der Waals surface area contributed by atoms with E-state index in [1.807, 2.05) is 0 Å². The molecule has 2 N–H and O–H groups in total. The van der Waals surface area contributed by atoms with Gasteiger partial charge in [-0.05, 0) is 32.3 Å². The largest absolute Gasteiger partial charge is 0.462 e. The lowest BCUT2D eigenvalue weighted by Gasteiger charge is -2.31. The van der Waals surface area contributed by atoms with Crippen LogP contribution in [0.25, 0.3) is 0 Å². The van der Waals surface area contributed by atoms with Gasteiger partial charge in [0.25, 0.3) is 0 Å². The van der Waals surface area contributed by atoms with Crippen LogP contribution < -0.4 is 10.6 Å². The van der Waals surface area contributed by atoms with Crippen LogP contribution in [-0.2, 0) is 4.74 Å². The summed E-state index contributed by atoms with van der Waals surface area (Å²) < 4.78 is 5.06. The summed E-state index contributed by atoms with van der Waals surface area (Å²) in [5.41, 5.74) is 7.07. The summed E-state index contributed by atoms with van der Waals surface area (Å²) in [5.74, 6) is 0.357.